The Hall–Kier alpha value is -4.06. The van der Waals surface area contributed by atoms with Crippen LogP contribution in [-0.2, 0) is 0 Å². The van der Waals surface area contributed by atoms with Gasteiger partial charge in [0.05, 0.1) is 6.04 Å². The first-order valence-electron chi connectivity index (χ1n) is 10.2. The van der Waals surface area contributed by atoms with Gasteiger partial charge in [0, 0.05) is 23.5 Å². The first-order chi connectivity index (χ1) is 15.5. The molecular formula is C26H22FN3O2. The van der Waals surface area contributed by atoms with Gasteiger partial charge in [0.2, 0.25) is 0 Å². The third kappa shape index (κ3) is 5.16. The second-order valence-electron chi connectivity index (χ2n) is 7.50. The Morgan fingerprint density at radius 3 is 2.31 bits per heavy atom. The second kappa shape index (κ2) is 9.39. The smallest absolute Gasteiger partial charge is 0.321 e. The molecule has 5 nitrogen and oxygen atoms in total. The SMILES string of the molecule is Cc1ccc([C@H](C)NC(=O)c2cccc(-c3cnc(Oc4ccc(F)cc4)nc3)c2)cc1. The van der Waals surface area contributed by atoms with Crippen LogP contribution < -0.4 is 10.1 Å². The lowest BCUT2D eigenvalue weighted by Gasteiger charge is -2.15. The monoisotopic (exact) mass is 427 g/mol. The van der Waals surface area contributed by atoms with Crippen LogP contribution in [0, 0.1) is 12.7 Å². The fourth-order valence-electron chi connectivity index (χ4n) is 3.18. The molecule has 1 amide bonds. The maximum Gasteiger partial charge on any atom is 0.321 e. The predicted octanol–water partition coefficient (Wildman–Crippen LogP) is 5.87. The summed E-state index contributed by atoms with van der Waals surface area (Å²) >= 11 is 0. The Kier molecular flexibility index (Phi) is 6.22. The number of aromatic nitrogens is 2. The Morgan fingerprint density at radius 2 is 1.62 bits per heavy atom. The van der Waals surface area contributed by atoms with E-state index in [1.165, 1.54) is 29.8 Å². The number of halogens is 1. The summed E-state index contributed by atoms with van der Waals surface area (Å²) in [5.74, 6) is -0.0524. The van der Waals surface area contributed by atoms with Crippen LogP contribution in [0.4, 0.5) is 4.39 Å². The van der Waals surface area contributed by atoms with Crippen LogP contribution in [0.15, 0.2) is 85.2 Å². The van der Waals surface area contributed by atoms with Crippen LogP contribution >= 0.6 is 0 Å². The third-order valence-electron chi connectivity index (χ3n) is 5.03. The normalized spacial score (nSPS) is 11.6. The highest BCUT2D eigenvalue weighted by atomic mass is 19.1. The fourth-order valence-corrected chi connectivity index (χ4v) is 3.18. The highest BCUT2D eigenvalue weighted by Crippen LogP contribution is 2.23. The number of ether oxygens (including phenoxy) is 1. The molecule has 1 aromatic heterocycles. The van der Waals surface area contributed by atoms with Crippen molar-refractivity contribution in [1.82, 2.24) is 15.3 Å². The summed E-state index contributed by atoms with van der Waals surface area (Å²) in [6.07, 6.45) is 3.25. The second-order valence-corrected chi connectivity index (χ2v) is 7.50. The molecule has 0 bridgehead atoms. The number of hydrogen-bond donors (Lipinski definition) is 1. The van der Waals surface area contributed by atoms with Gasteiger partial charge in [0.1, 0.15) is 11.6 Å². The van der Waals surface area contributed by atoms with Crippen molar-refractivity contribution in [2.45, 2.75) is 19.9 Å². The van der Waals surface area contributed by atoms with Crippen molar-refractivity contribution in [3.8, 4) is 22.9 Å². The zero-order valence-corrected chi connectivity index (χ0v) is 17.7. The summed E-state index contributed by atoms with van der Waals surface area (Å²) in [5.41, 5.74) is 4.33. The van der Waals surface area contributed by atoms with Crippen molar-refractivity contribution >= 4 is 5.91 Å². The Labute approximate surface area is 185 Å². The molecule has 1 atom stereocenters. The minimum Gasteiger partial charge on any atom is -0.424 e. The van der Waals surface area contributed by atoms with Gasteiger partial charge in [-0.15, -0.1) is 0 Å². The Bertz CT molecular complexity index is 1210. The van der Waals surface area contributed by atoms with Gasteiger partial charge in [-0.25, -0.2) is 14.4 Å². The number of amides is 1. The number of hydrogen-bond acceptors (Lipinski definition) is 4. The van der Waals surface area contributed by atoms with E-state index in [2.05, 4.69) is 15.3 Å². The van der Waals surface area contributed by atoms with E-state index in [1.54, 1.807) is 24.5 Å². The lowest BCUT2D eigenvalue weighted by Crippen LogP contribution is -2.26. The molecule has 0 spiro atoms. The molecule has 4 rings (SSSR count). The number of nitrogens with one attached hydrogen (secondary N) is 1. The van der Waals surface area contributed by atoms with Gasteiger partial charge in [-0.2, -0.15) is 0 Å². The third-order valence-corrected chi connectivity index (χ3v) is 5.03. The van der Waals surface area contributed by atoms with Crippen molar-refractivity contribution in [3.05, 3.63) is 108 Å². The van der Waals surface area contributed by atoms with Gasteiger partial charge in [0.15, 0.2) is 0 Å². The molecule has 0 aliphatic heterocycles. The van der Waals surface area contributed by atoms with E-state index in [1.807, 2.05) is 50.2 Å². The van der Waals surface area contributed by atoms with Gasteiger partial charge in [0.25, 0.3) is 5.91 Å². The minimum absolute atomic E-state index is 0.113. The molecule has 0 aliphatic rings. The maximum absolute atomic E-state index is 13.0. The molecule has 32 heavy (non-hydrogen) atoms. The van der Waals surface area contributed by atoms with E-state index in [4.69, 9.17) is 4.74 Å². The van der Waals surface area contributed by atoms with Gasteiger partial charge in [-0.05, 0) is 61.4 Å². The lowest BCUT2D eigenvalue weighted by atomic mass is 10.0. The number of aryl methyl sites for hydroxylation is 1. The summed E-state index contributed by atoms with van der Waals surface area (Å²) in [6, 6.07) is 21.0. The van der Waals surface area contributed by atoms with Gasteiger partial charge >= 0.3 is 6.01 Å². The molecule has 0 unspecified atom stereocenters. The molecule has 0 saturated heterocycles. The van der Waals surface area contributed by atoms with Crippen molar-refractivity contribution < 1.29 is 13.9 Å². The fraction of sp³-hybridized carbons (Fsp3) is 0.115. The zero-order valence-electron chi connectivity index (χ0n) is 17.7. The summed E-state index contributed by atoms with van der Waals surface area (Å²) in [6.45, 7) is 3.99. The van der Waals surface area contributed by atoms with E-state index in [0.717, 1.165) is 16.7 Å². The van der Waals surface area contributed by atoms with Gasteiger partial charge in [-0.1, -0.05) is 42.0 Å². The lowest BCUT2D eigenvalue weighted by molar-refractivity contribution is 0.0940. The van der Waals surface area contributed by atoms with E-state index < -0.39 is 0 Å². The Balaban J connectivity index is 1.45. The molecular weight excluding hydrogens is 405 g/mol. The number of carbonyl (C=O) groups is 1. The van der Waals surface area contributed by atoms with E-state index in [0.29, 0.717) is 11.3 Å². The first-order valence-corrected chi connectivity index (χ1v) is 10.2. The zero-order chi connectivity index (χ0) is 22.5. The predicted molar refractivity (Wildman–Crippen MR) is 121 cm³/mol. The summed E-state index contributed by atoms with van der Waals surface area (Å²) in [4.78, 5) is 21.2. The molecule has 3 aromatic carbocycles. The van der Waals surface area contributed by atoms with E-state index in [9.17, 15) is 9.18 Å². The summed E-state index contributed by atoms with van der Waals surface area (Å²) < 4.78 is 18.5. The maximum atomic E-state index is 13.0. The number of rotatable bonds is 6. The molecule has 0 aliphatic carbocycles. The number of carbonyl (C=O) groups excluding carboxylic acids is 1. The van der Waals surface area contributed by atoms with E-state index >= 15 is 0 Å². The van der Waals surface area contributed by atoms with Crippen LogP contribution in [0.5, 0.6) is 11.8 Å². The minimum atomic E-state index is -0.342. The standard InChI is InChI=1S/C26H22FN3O2/c1-17-6-8-19(9-7-17)18(2)30-25(31)21-5-3-4-20(14-21)22-15-28-26(29-16-22)32-24-12-10-23(27)11-13-24/h3-16,18H,1-2H3,(H,30,31)/t18-/m0/s1. The summed E-state index contributed by atoms with van der Waals surface area (Å²) in [5, 5.41) is 3.03. The summed E-state index contributed by atoms with van der Waals surface area (Å²) in [7, 11) is 0. The van der Waals surface area contributed by atoms with Crippen molar-refractivity contribution in [2.24, 2.45) is 0 Å². The van der Waals surface area contributed by atoms with Crippen molar-refractivity contribution in [1.29, 1.82) is 0 Å². The van der Waals surface area contributed by atoms with Gasteiger partial charge < -0.3 is 10.1 Å². The number of benzene rings is 3. The topological polar surface area (TPSA) is 64.1 Å². The average molecular weight is 427 g/mol. The molecule has 0 saturated carbocycles. The van der Waals surface area contributed by atoms with E-state index in [-0.39, 0.29) is 23.8 Å². The highest BCUT2D eigenvalue weighted by molar-refractivity contribution is 5.95. The van der Waals surface area contributed by atoms with Crippen LogP contribution in [-0.4, -0.2) is 15.9 Å². The molecule has 160 valence electrons. The van der Waals surface area contributed by atoms with Crippen LogP contribution in [0.3, 0.4) is 0 Å². The quantitative estimate of drug-likeness (QED) is 0.418. The molecule has 4 aromatic rings. The van der Waals surface area contributed by atoms with Crippen LogP contribution in [0.1, 0.15) is 34.5 Å². The molecule has 1 heterocycles. The molecule has 0 fully saturated rings. The van der Waals surface area contributed by atoms with Crippen molar-refractivity contribution in [2.75, 3.05) is 0 Å². The highest BCUT2D eigenvalue weighted by Gasteiger charge is 2.13. The average Bonchev–Trinajstić information content (AvgIpc) is 2.81. The molecule has 1 N–H and O–H groups in total. The first kappa shape index (κ1) is 21.2. The molecule has 0 radical (unpaired) electrons. The van der Waals surface area contributed by atoms with Crippen LogP contribution in [0.2, 0.25) is 0 Å². The Morgan fingerprint density at radius 1 is 0.938 bits per heavy atom. The van der Waals surface area contributed by atoms with Gasteiger partial charge in [-0.3, -0.25) is 4.79 Å². The van der Waals surface area contributed by atoms with Crippen LogP contribution in [0.25, 0.3) is 11.1 Å². The van der Waals surface area contributed by atoms with Crippen molar-refractivity contribution in [3.63, 3.8) is 0 Å². The number of nitrogens with zero attached hydrogens (tertiary/aromatic N) is 2. The molecule has 6 heteroatoms. The largest absolute Gasteiger partial charge is 0.424 e.